The minimum absolute atomic E-state index is 0.244. The van der Waals surface area contributed by atoms with Gasteiger partial charge in [-0.25, -0.2) is 8.42 Å². The van der Waals surface area contributed by atoms with Crippen LogP contribution in [0, 0.1) is 0 Å². The lowest BCUT2D eigenvalue weighted by atomic mass is 10.2. The Balaban J connectivity index is 1.93. The van der Waals surface area contributed by atoms with Crippen molar-refractivity contribution in [2.24, 2.45) is 0 Å². The van der Waals surface area contributed by atoms with E-state index in [2.05, 4.69) is 15.5 Å². The van der Waals surface area contributed by atoms with Gasteiger partial charge in [0, 0.05) is 6.54 Å². The molecule has 0 saturated carbocycles. The fraction of sp³-hybridized carbons (Fsp3) is 0.714. The summed E-state index contributed by atoms with van der Waals surface area (Å²) >= 11 is 1.38. The van der Waals surface area contributed by atoms with E-state index in [4.69, 9.17) is 0 Å². The SMILES string of the molecule is O=S1(=O)CCCC1CNc1nncs1. The molecule has 1 aromatic rings. The van der Waals surface area contributed by atoms with E-state index >= 15 is 0 Å². The van der Waals surface area contributed by atoms with Crippen LogP contribution in [0.3, 0.4) is 0 Å². The lowest BCUT2D eigenvalue weighted by Gasteiger charge is -2.08. The molecule has 1 aliphatic rings. The van der Waals surface area contributed by atoms with E-state index in [9.17, 15) is 8.42 Å². The quantitative estimate of drug-likeness (QED) is 0.824. The van der Waals surface area contributed by atoms with E-state index in [1.165, 1.54) is 11.3 Å². The van der Waals surface area contributed by atoms with Crippen LogP contribution in [0.1, 0.15) is 12.8 Å². The number of hydrogen-bond acceptors (Lipinski definition) is 6. The molecule has 1 N–H and O–H groups in total. The van der Waals surface area contributed by atoms with Gasteiger partial charge in [-0.1, -0.05) is 11.3 Å². The van der Waals surface area contributed by atoms with E-state index in [0.29, 0.717) is 17.4 Å². The third-order valence-corrected chi connectivity index (χ3v) is 5.23. The predicted molar refractivity (Wildman–Crippen MR) is 55.2 cm³/mol. The Labute approximate surface area is 86.5 Å². The zero-order chi connectivity index (χ0) is 10.0. The lowest BCUT2D eigenvalue weighted by molar-refractivity contribution is 0.591. The second-order valence-electron chi connectivity index (χ2n) is 3.26. The van der Waals surface area contributed by atoms with Crippen LogP contribution in [0.2, 0.25) is 0 Å². The first-order valence-corrected chi connectivity index (χ1v) is 6.99. The van der Waals surface area contributed by atoms with Crippen LogP contribution >= 0.6 is 11.3 Å². The molecule has 0 aliphatic carbocycles. The molecule has 1 aliphatic heterocycles. The van der Waals surface area contributed by atoms with Crippen LogP contribution in [0.4, 0.5) is 5.13 Å². The van der Waals surface area contributed by atoms with Crippen molar-refractivity contribution < 1.29 is 8.42 Å². The molecule has 1 atom stereocenters. The molecular formula is C7H11N3O2S2. The van der Waals surface area contributed by atoms with Crippen molar-refractivity contribution in [3.63, 3.8) is 0 Å². The summed E-state index contributed by atoms with van der Waals surface area (Å²) in [6.45, 7) is 0.456. The van der Waals surface area contributed by atoms with Gasteiger partial charge in [-0.05, 0) is 12.8 Å². The van der Waals surface area contributed by atoms with Gasteiger partial charge in [0.15, 0.2) is 9.84 Å². The molecule has 7 heteroatoms. The summed E-state index contributed by atoms with van der Waals surface area (Å²) in [5.74, 6) is 0.329. The molecule has 1 unspecified atom stereocenters. The van der Waals surface area contributed by atoms with Gasteiger partial charge in [0.1, 0.15) is 5.51 Å². The number of aromatic nitrogens is 2. The molecular weight excluding hydrogens is 222 g/mol. The number of sulfone groups is 1. The van der Waals surface area contributed by atoms with Crippen LogP contribution in [0.5, 0.6) is 0 Å². The van der Waals surface area contributed by atoms with Crippen molar-refractivity contribution in [1.82, 2.24) is 10.2 Å². The Kier molecular flexibility index (Phi) is 2.69. The van der Waals surface area contributed by atoms with Crippen LogP contribution in [0.25, 0.3) is 0 Å². The third kappa shape index (κ3) is 2.03. The smallest absolute Gasteiger partial charge is 0.205 e. The Morgan fingerprint density at radius 3 is 3.07 bits per heavy atom. The molecule has 0 spiro atoms. The Morgan fingerprint density at radius 2 is 2.50 bits per heavy atom. The molecule has 0 bridgehead atoms. The monoisotopic (exact) mass is 233 g/mol. The number of nitrogens with one attached hydrogen (secondary N) is 1. The van der Waals surface area contributed by atoms with Crippen LogP contribution in [0.15, 0.2) is 5.51 Å². The zero-order valence-electron chi connectivity index (χ0n) is 7.51. The third-order valence-electron chi connectivity index (χ3n) is 2.30. The average Bonchev–Trinajstić information content (AvgIpc) is 2.71. The van der Waals surface area contributed by atoms with Crippen molar-refractivity contribution in [2.75, 3.05) is 17.6 Å². The van der Waals surface area contributed by atoms with Crippen molar-refractivity contribution in [3.8, 4) is 0 Å². The normalized spacial score (nSPS) is 25.0. The summed E-state index contributed by atoms with van der Waals surface area (Å²) in [5, 5.41) is 10.9. The number of rotatable bonds is 3. The molecule has 1 fully saturated rings. The first kappa shape index (κ1) is 9.85. The summed E-state index contributed by atoms with van der Waals surface area (Å²) in [7, 11) is -2.85. The lowest BCUT2D eigenvalue weighted by Crippen LogP contribution is -2.24. The van der Waals surface area contributed by atoms with Gasteiger partial charge >= 0.3 is 0 Å². The van der Waals surface area contributed by atoms with Gasteiger partial charge < -0.3 is 5.32 Å². The molecule has 2 heterocycles. The summed E-state index contributed by atoms with van der Waals surface area (Å²) in [4.78, 5) is 0. The van der Waals surface area contributed by atoms with Crippen molar-refractivity contribution in [3.05, 3.63) is 5.51 Å². The minimum atomic E-state index is -2.85. The summed E-state index contributed by atoms with van der Waals surface area (Å²) in [5.41, 5.74) is 1.62. The summed E-state index contributed by atoms with van der Waals surface area (Å²) in [6, 6.07) is 0. The number of anilines is 1. The maximum atomic E-state index is 11.4. The molecule has 1 saturated heterocycles. The maximum Gasteiger partial charge on any atom is 0.205 e. The van der Waals surface area contributed by atoms with Gasteiger partial charge in [-0.3, -0.25) is 0 Å². The molecule has 1 aromatic heterocycles. The highest BCUT2D eigenvalue weighted by Gasteiger charge is 2.30. The summed E-state index contributed by atoms with van der Waals surface area (Å²) in [6.07, 6.45) is 1.54. The molecule has 5 nitrogen and oxygen atoms in total. The molecule has 14 heavy (non-hydrogen) atoms. The van der Waals surface area contributed by atoms with Crippen LogP contribution < -0.4 is 5.32 Å². The molecule has 0 aromatic carbocycles. The van der Waals surface area contributed by atoms with Gasteiger partial charge in [0.2, 0.25) is 5.13 Å². The summed E-state index contributed by atoms with van der Waals surface area (Å²) < 4.78 is 22.9. The fourth-order valence-electron chi connectivity index (χ4n) is 1.54. The second-order valence-corrected chi connectivity index (χ2v) is 6.49. The largest absolute Gasteiger partial charge is 0.359 e. The van der Waals surface area contributed by atoms with Crippen LogP contribution in [-0.2, 0) is 9.84 Å². The van der Waals surface area contributed by atoms with E-state index in [1.54, 1.807) is 5.51 Å². The van der Waals surface area contributed by atoms with E-state index in [1.807, 2.05) is 0 Å². The predicted octanol–water partition coefficient (Wildman–Crippen LogP) is 0.527. The average molecular weight is 233 g/mol. The highest BCUT2D eigenvalue weighted by atomic mass is 32.2. The fourth-order valence-corrected chi connectivity index (χ4v) is 3.76. The van der Waals surface area contributed by atoms with Crippen molar-refractivity contribution in [1.29, 1.82) is 0 Å². The molecule has 0 amide bonds. The Hall–Kier alpha value is -0.690. The highest BCUT2D eigenvalue weighted by molar-refractivity contribution is 7.92. The van der Waals surface area contributed by atoms with Gasteiger partial charge in [0.05, 0.1) is 11.0 Å². The standard InChI is InChI=1S/C7H11N3O2S2/c11-14(12)3-1-2-6(14)4-8-7-10-9-5-13-7/h5-6H,1-4H2,(H,8,10). The first-order chi connectivity index (χ1) is 6.68. The molecule has 2 rings (SSSR count). The molecule has 0 radical (unpaired) electrons. The number of nitrogens with zero attached hydrogens (tertiary/aromatic N) is 2. The van der Waals surface area contributed by atoms with E-state index in [-0.39, 0.29) is 5.25 Å². The van der Waals surface area contributed by atoms with Crippen LogP contribution in [-0.4, -0.2) is 36.2 Å². The van der Waals surface area contributed by atoms with Gasteiger partial charge in [-0.15, -0.1) is 10.2 Å². The van der Waals surface area contributed by atoms with Crippen molar-refractivity contribution >= 4 is 26.3 Å². The Morgan fingerprint density at radius 1 is 1.64 bits per heavy atom. The van der Waals surface area contributed by atoms with E-state index < -0.39 is 9.84 Å². The minimum Gasteiger partial charge on any atom is -0.359 e. The van der Waals surface area contributed by atoms with Gasteiger partial charge in [-0.2, -0.15) is 0 Å². The number of hydrogen-bond donors (Lipinski definition) is 1. The topological polar surface area (TPSA) is 72.0 Å². The zero-order valence-corrected chi connectivity index (χ0v) is 9.14. The maximum absolute atomic E-state index is 11.4. The molecule has 78 valence electrons. The second kappa shape index (κ2) is 3.82. The van der Waals surface area contributed by atoms with Crippen molar-refractivity contribution in [2.45, 2.75) is 18.1 Å². The van der Waals surface area contributed by atoms with Gasteiger partial charge in [0.25, 0.3) is 0 Å². The Bertz CT molecular complexity index is 387. The van der Waals surface area contributed by atoms with E-state index in [0.717, 1.165) is 12.8 Å². The highest BCUT2D eigenvalue weighted by Crippen LogP contribution is 2.20. The first-order valence-electron chi connectivity index (χ1n) is 4.40.